The lowest BCUT2D eigenvalue weighted by Gasteiger charge is -2.12. The molecule has 1 atom stereocenters. The summed E-state index contributed by atoms with van der Waals surface area (Å²) in [6, 6.07) is 8.20. The van der Waals surface area contributed by atoms with Crippen LogP contribution in [0, 0.1) is 26.7 Å². The van der Waals surface area contributed by atoms with Crippen molar-refractivity contribution in [2.75, 3.05) is 5.32 Å². The summed E-state index contributed by atoms with van der Waals surface area (Å²) in [4.78, 5) is 12.3. The predicted octanol–water partition coefficient (Wildman–Crippen LogP) is 4.09. The Morgan fingerprint density at radius 2 is 1.96 bits per heavy atom. The van der Waals surface area contributed by atoms with Crippen molar-refractivity contribution < 1.29 is 4.79 Å². The minimum Gasteiger partial charge on any atom is -0.311 e. The molecule has 0 saturated heterocycles. The maximum Gasteiger partial charge on any atom is 0.226 e. The fraction of sp³-hybridized carbons (Fsp3) is 0.368. The van der Waals surface area contributed by atoms with Crippen LogP contribution in [0.25, 0.3) is 5.69 Å². The van der Waals surface area contributed by atoms with E-state index in [9.17, 15) is 4.79 Å². The van der Waals surface area contributed by atoms with Crippen molar-refractivity contribution in [3.63, 3.8) is 0 Å². The van der Waals surface area contributed by atoms with E-state index in [-0.39, 0.29) is 5.91 Å². The molecular formula is C19H23N3O. The Hall–Kier alpha value is -2.36. The number of hydrogen-bond acceptors (Lipinski definition) is 2. The molecule has 4 nitrogen and oxygen atoms in total. The van der Waals surface area contributed by atoms with Gasteiger partial charge in [0.2, 0.25) is 5.91 Å². The summed E-state index contributed by atoms with van der Waals surface area (Å²) in [5.74, 6) is 1.15. The zero-order chi connectivity index (χ0) is 16.4. The fourth-order valence-corrected chi connectivity index (χ4v) is 3.16. The zero-order valence-corrected chi connectivity index (χ0v) is 14.0. The fourth-order valence-electron chi connectivity index (χ4n) is 3.16. The van der Waals surface area contributed by atoms with Crippen LogP contribution >= 0.6 is 0 Å². The summed E-state index contributed by atoms with van der Waals surface area (Å²) in [6.45, 7) is 6.07. The first kappa shape index (κ1) is 15.5. The topological polar surface area (TPSA) is 46.9 Å². The van der Waals surface area contributed by atoms with Crippen LogP contribution in [0.2, 0.25) is 0 Å². The predicted molar refractivity (Wildman–Crippen MR) is 92.9 cm³/mol. The van der Waals surface area contributed by atoms with E-state index in [2.05, 4.69) is 54.6 Å². The number of allylic oxidation sites excluding steroid dienone is 2. The molecule has 1 aromatic carbocycles. The van der Waals surface area contributed by atoms with Crippen LogP contribution in [0.15, 0.2) is 36.4 Å². The zero-order valence-electron chi connectivity index (χ0n) is 14.0. The van der Waals surface area contributed by atoms with E-state index in [0.717, 1.165) is 30.0 Å². The standard InChI is InChI=1S/C19H23N3O/c1-13-8-14(2)10-17(9-13)22-18(11-15(3)21-22)20-19(23)12-16-6-4-5-7-16/h4,6,8-11,16H,5,7,12H2,1-3H3,(H,20,23). The molecule has 1 amide bonds. The number of rotatable bonds is 4. The second-order valence-electron chi connectivity index (χ2n) is 6.45. The summed E-state index contributed by atoms with van der Waals surface area (Å²) in [5.41, 5.74) is 4.23. The van der Waals surface area contributed by atoms with Crippen LogP contribution in [0.4, 0.5) is 5.82 Å². The van der Waals surface area contributed by atoms with Gasteiger partial charge in [0.25, 0.3) is 0 Å². The minimum atomic E-state index is 0.0482. The lowest BCUT2D eigenvalue weighted by atomic mass is 10.1. The van der Waals surface area contributed by atoms with Gasteiger partial charge in [-0.2, -0.15) is 5.10 Å². The van der Waals surface area contributed by atoms with Crippen molar-refractivity contribution in [2.24, 2.45) is 5.92 Å². The number of nitrogens with one attached hydrogen (secondary N) is 1. The lowest BCUT2D eigenvalue weighted by Crippen LogP contribution is -2.17. The van der Waals surface area contributed by atoms with Crippen LogP contribution in [0.3, 0.4) is 0 Å². The molecule has 1 N–H and O–H groups in total. The van der Waals surface area contributed by atoms with Gasteiger partial charge >= 0.3 is 0 Å². The van der Waals surface area contributed by atoms with Gasteiger partial charge in [-0.3, -0.25) is 4.79 Å². The van der Waals surface area contributed by atoms with Crippen LogP contribution in [-0.4, -0.2) is 15.7 Å². The Balaban J connectivity index is 1.82. The van der Waals surface area contributed by atoms with E-state index in [1.165, 1.54) is 11.1 Å². The van der Waals surface area contributed by atoms with Crippen LogP contribution < -0.4 is 5.32 Å². The van der Waals surface area contributed by atoms with Gasteiger partial charge in [-0.15, -0.1) is 0 Å². The SMILES string of the molecule is Cc1cc(C)cc(-n2nc(C)cc2NC(=O)CC2C=CCC2)c1. The molecular weight excluding hydrogens is 286 g/mol. The Labute approximate surface area is 137 Å². The Kier molecular flexibility index (Phi) is 4.33. The van der Waals surface area contributed by atoms with E-state index < -0.39 is 0 Å². The van der Waals surface area contributed by atoms with Gasteiger partial charge in [0.05, 0.1) is 11.4 Å². The van der Waals surface area contributed by atoms with Gasteiger partial charge in [0, 0.05) is 12.5 Å². The molecule has 0 spiro atoms. The number of benzene rings is 1. The minimum absolute atomic E-state index is 0.0482. The third-order valence-electron chi connectivity index (χ3n) is 4.11. The molecule has 1 aromatic heterocycles. The van der Waals surface area contributed by atoms with E-state index in [1.807, 2.05) is 17.7 Å². The monoisotopic (exact) mass is 309 g/mol. The van der Waals surface area contributed by atoms with Crippen molar-refractivity contribution in [1.82, 2.24) is 9.78 Å². The van der Waals surface area contributed by atoms with E-state index in [1.54, 1.807) is 0 Å². The third kappa shape index (κ3) is 3.70. The molecule has 3 rings (SSSR count). The quantitative estimate of drug-likeness (QED) is 0.865. The highest BCUT2D eigenvalue weighted by Crippen LogP contribution is 2.23. The van der Waals surface area contributed by atoms with Crippen molar-refractivity contribution in [3.8, 4) is 5.69 Å². The molecule has 23 heavy (non-hydrogen) atoms. The number of hydrogen-bond donors (Lipinski definition) is 1. The normalized spacial score (nSPS) is 16.7. The third-order valence-corrected chi connectivity index (χ3v) is 4.11. The summed E-state index contributed by atoms with van der Waals surface area (Å²) in [6.07, 6.45) is 6.99. The molecule has 1 aliphatic rings. The average Bonchev–Trinajstić information content (AvgIpc) is 3.07. The molecule has 0 radical (unpaired) electrons. The number of amides is 1. The highest BCUT2D eigenvalue weighted by atomic mass is 16.1. The molecule has 1 unspecified atom stereocenters. The molecule has 0 fully saturated rings. The number of anilines is 1. The van der Waals surface area contributed by atoms with Gasteiger partial charge in [0.1, 0.15) is 5.82 Å². The highest BCUT2D eigenvalue weighted by molar-refractivity contribution is 5.90. The van der Waals surface area contributed by atoms with Crippen molar-refractivity contribution in [3.05, 3.63) is 53.2 Å². The van der Waals surface area contributed by atoms with Gasteiger partial charge in [-0.1, -0.05) is 18.2 Å². The molecule has 1 aliphatic carbocycles. The molecule has 1 heterocycles. The molecule has 0 saturated carbocycles. The average molecular weight is 309 g/mol. The summed E-state index contributed by atoms with van der Waals surface area (Å²) in [7, 11) is 0. The van der Waals surface area contributed by atoms with E-state index in [0.29, 0.717) is 12.3 Å². The number of aryl methyl sites for hydroxylation is 3. The van der Waals surface area contributed by atoms with Gasteiger partial charge in [-0.05, 0) is 62.8 Å². The van der Waals surface area contributed by atoms with Gasteiger partial charge < -0.3 is 5.32 Å². The van der Waals surface area contributed by atoms with Crippen LogP contribution in [0.1, 0.15) is 36.1 Å². The maximum absolute atomic E-state index is 12.3. The number of carbonyl (C=O) groups excluding carboxylic acids is 1. The summed E-state index contributed by atoms with van der Waals surface area (Å²) >= 11 is 0. The molecule has 120 valence electrons. The smallest absolute Gasteiger partial charge is 0.226 e. The largest absolute Gasteiger partial charge is 0.311 e. The van der Waals surface area contributed by atoms with Crippen molar-refractivity contribution >= 4 is 11.7 Å². The second kappa shape index (κ2) is 6.41. The van der Waals surface area contributed by atoms with E-state index in [4.69, 9.17) is 0 Å². The van der Waals surface area contributed by atoms with Crippen LogP contribution in [-0.2, 0) is 4.79 Å². The lowest BCUT2D eigenvalue weighted by molar-refractivity contribution is -0.116. The molecule has 0 aliphatic heterocycles. The number of nitrogens with zero attached hydrogens (tertiary/aromatic N) is 2. The highest BCUT2D eigenvalue weighted by Gasteiger charge is 2.16. The Morgan fingerprint density at radius 1 is 1.22 bits per heavy atom. The first-order chi connectivity index (χ1) is 11.0. The number of carbonyl (C=O) groups is 1. The van der Waals surface area contributed by atoms with Crippen molar-refractivity contribution in [2.45, 2.75) is 40.0 Å². The molecule has 4 heteroatoms. The van der Waals surface area contributed by atoms with E-state index >= 15 is 0 Å². The summed E-state index contributed by atoms with van der Waals surface area (Å²) < 4.78 is 1.82. The molecule has 2 aromatic rings. The Morgan fingerprint density at radius 3 is 2.61 bits per heavy atom. The first-order valence-corrected chi connectivity index (χ1v) is 8.13. The number of aromatic nitrogens is 2. The van der Waals surface area contributed by atoms with Crippen LogP contribution in [0.5, 0.6) is 0 Å². The second-order valence-corrected chi connectivity index (χ2v) is 6.45. The van der Waals surface area contributed by atoms with Crippen molar-refractivity contribution in [1.29, 1.82) is 0 Å². The Bertz CT molecular complexity index is 738. The maximum atomic E-state index is 12.3. The first-order valence-electron chi connectivity index (χ1n) is 8.13. The van der Waals surface area contributed by atoms with Gasteiger partial charge in [-0.25, -0.2) is 4.68 Å². The summed E-state index contributed by atoms with van der Waals surface area (Å²) in [5, 5.41) is 7.56. The van der Waals surface area contributed by atoms with Gasteiger partial charge in [0.15, 0.2) is 0 Å². The molecule has 0 bridgehead atoms.